The molecule has 4 heteroatoms. The summed E-state index contributed by atoms with van der Waals surface area (Å²) in [6.45, 7) is 2.30. The molecule has 0 saturated heterocycles. The van der Waals surface area contributed by atoms with Crippen molar-refractivity contribution < 1.29 is 19.7 Å². The van der Waals surface area contributed by atoms with Crippen molar-refractivity contribution in [3.05, 3.63) is 0 Å². The Morgan fingerprint density at radius 2 is 1.20 bits per heavy atom. The van der Waals surface area contributed by atoms with E-state index in [-0.39, 0.29) is 18.7 Å². The van der Waals surface area contributed by atoms with E-state index in [4.69, 9.17) is 9.84 Å². The molecule has 0 aliphatic carbocycles. The molecule has 0 saturated carbocycles. The second-order valence-corrected chi connectivity index (χ2v) is 7.28. The Morgan fingerprint density at radius 3 is 1.64 bits per heavy atom. The Balaban J connectivity index is 3.08. The fourth-order valence-electron chi connectivity index (χ4n) is 2.98. The predicted molar refractivity (Wildman–Crippen MR) is 104 cm³/mol. The maximum absolute atomic E-state index is 11.4. The zero-order valence-electron chi connectivity index (χ0n) is 16.5. The lowest BCUT2D eigenvalue weighted by molar-refractivity contribution is -0.144. The molecule has 0 fully saturated rings. The minimum Gasteiger partial charge on any atom is -0.466 e. The molecule has 150 valence electrons. The lowest BCUT2D eigenvalue weighted by Crippen LogP contribution is -2.06. The van der Waals surface area contributed by atoms with Crippen LogP contribution in [0.3, 0.4) is 0 Å². The molecule has 1 atom stereocenters. The van der Waals surface area contributed by atoms with Gasteiger partial charge in [0.2, 0.25) is 0 Å². The predicted octanol–water partition coefficient (Wildman–Crippen LogP) is 5.14. The van der Waals surface area contributed by atoms with Crippen molar-refractivity contribution in [1.29, 1.82) is 0 Å². The molecule has 0 amide bonds. The molecule has 0 aromatic rings. The highest BCUT2D eigenvalue weighted by Crippen LogP contribution is 2.13. The van der Waals surface area contributed by atoms with E-state index in [1.165, 1.54) is 64.2 Å². The largest absolute Gasteiger partial charge is 0.466 e. The number of carbonyl (C=O) groups is 1. The van der Waals surface area contributed by atoms with Crippen LogP contribution in [0.5, 0.6) is 0 Å². The molecule has 0 spiro atoms. The van der Waals surface area contributed by atoms with Crippen LogP contribution in [0.4, 0.5) is 0 Å². The number of ether oxygens (including phenoxy) is 1. The highest BCUT2D eigenvalue weighted by molar-refractivity contribution is 5.69. The first-order valence-corrected chi connectivity index (χ1v) is 10.6. The maximum Gasteiger partial charge on any atom is 0.305 e. The average molecular weight is 359 g/mol. The number of hydrogen-bond donors (Lipinski definition) is 2. The van der Waals surface area contributed by atoms with Gasteiger partial charge in [0.05, 0.1) is 12.7 Å². The number of rotatable bonds is 19. The quantitative estimate of drug-likeness (QED) is 0.248. The van der Waals surface area contributed by atoms with Crippen LogP contribution in [0.1, 0.15) is 110 Å². The van der Waals surface area contributed by atoms with Crippen LogP contribution in [0.15, 0.2) is 0 Å². The molecule has 25 heavy (non-hydrogen) atoms. The van der Waals surface area contributed by atoms with Gasteiger partial charge in [-0.2, -0.15) is 0 Å². The van der Waals surface area contributed by atoms with Crippen LogP contribution in [0, 0.1) is 0 Å². The number of aliphatic hydroxyl groups excluding tert-OH is 2. The fourth-order valence-corrected chi connectivity index (χ4v) is 2.98. The van der Waals surface area contributed by atoms with Gasteiger partial charge < -0.3 is 14.9 Å². The number of esters is 1. The van der Waals surface area contributed by atoms with Crippen molar-refractivity contribution in [2.45, 2.75) is 116 Å². The van der Waals surface area contributed by atoms with E-state index in [0.717, 1.165) is 25.7 Å². The molecule has 0 bridgehead atoms. The molecule has 0 aromatic carbocycles. The first-order valence-electron chi connectivity index (χ1n) is 10.6. The highest BCUT2D eigenvalue weighted by Gasteiger charge is 2.02. The van der Waals surface area contributed by atoms with Crippen molar-refractivity contribution in [2.75, 3.05) is 13.2 Å². The van der Waals surface area contributed by atoms with E-state index in [2.05, 4.69) is 0 Å². The maximum atomic E-state index is 11.4. The van der Waals surface area contributed by atoms with Crippen molar-refractivity contribution in [1.82, 2.24) is 0 Å². The zero-order chi connectivity index (χ0) is 18.6. The Labute approximate surface area is 155 Å². The number of carbonyl (C=O) groups excluding carboxylic acids is 1. The van der Waals surface area contributed by atoms with E-state index in [1.807, 2.05) is 6.92 Å². The van der Waals surface area contributed by atoms with Crippen LogP contribution in [-0.4, -0.2) is 35.5 Å². The molecule has 0 aromatic heterocycles. The van der Waals surface area contributed by atoms with Gasteiger partial charge in [-0.05, 0) is 19.8 Å². The SMILES string of the molecule is CC(O)CCCCCCCCCCCCCCCC(=O)OCCCO. The van der Waals surface area contributed by atoms with E-state index in [0.29, 0.717) is 19.4 Å². The third-order valence-electron chi connectivity index (χ3n) is 4.57. The van der Waals surface area contributed by atoms with Gasteiger partial charge in [-0.15, -0.1) is 0 Å². The van der Waals surface area contributed by atoms with Crippen LogP contribution in [-0.2, 0) is 9.53 Å². The molecule has 4 nitrogen and oxygen atoms in total. The monoisotopic (exact) mass is 358 g/mol. The summed E-state index contributed by atoms with van der Waals surface area (Å²) in [5.74, 6) is -0.126. The zero-order valence-corrected chi connectivity index (χ0v) is 16.5. The van der Waals surface area contributed by atoms with Gasteiger partial charge in [-0.3, -0.25) is 4.79 Å². The lowest BCUT2D eigenvalue weighted by Gasteiger charge is -2.05. The summed E-state index contributed by atoms with van der Waals surface area (Å²) < 4.78 is 5.00. The molecule has 0 aliphatic rings. The van der Waals surface area contributed by atoms with Crippen LogP contribution in [0.25, 0.3) is 0 Å². The average Bonchev–Trinajstić information content (AvgIpc) is 2.58. The van der Waals surface area contributed by atoms with Crippen LogP contribution < -0.4 is 0 Å². The molecular formula is C21H42O4. The molecule has 1 unspecified atom stereocenters. The Bertz CT molecular complexity index is 279. The molecular weight excluding hydrogens is 316 g/mol. The molecule has 0 aliphatic heterocycles. The van der Waals surface area contributed by atoms with Crippen molar-refractivity contribution in [2.24, 2.45) is 0 Å². The van der Waals surface area contributed by atoms with Crippen LogP contribution in [0.2, 0.25) is 0 Å². The Morgan fingerprint density at radius 1 is 0.760 bits per heavy atom. The van der Waals surface area contributed by atoms with Gasteiger partial charge in [0.1, 0.15) is 0 Å². The minimum atomic E-state index is -0.134. The summed E-state index contributed by atoms with van der Waals surface area (Å²) in [7, 11) is 0. The Hall–Kier alpha value is -0.610. The van der Waals surface area contributed by atoms with Gasteiger partial charge in [-0.1, -0.05) is 77.0 Å². The summed E-state index contributed by atoms with van der Waals surface area (Å²) in [6.07, 6.45) is 18.2. The first kappa shape index (κ1) is 24.4. The first-order chi connectivity index (χ1) is 12.2. The Kier molecular flexibility index (Phi) is 19.2. The number of aliphatic hydroxyl groups is 2. The summed E-state index contributed by atoms with van der Waals surface area (Å²) in [6, 6.07) is 0. The van der Waals surface area contributed by atoms with E-state index in [9.17, 15) is 9.90 Å². The standard InChI is InChI=1S/C21H42O4/c1-20(23)16-13-11-9-7-5-3-2-4-6-8-10-12-14-17-21(24)25-19-15-18-22/h20,22-23H,2-19H2,1H3. The van der Waals surface area contributed by atoms with Gasteiger partial charge in [0.15, 0.2) is 0 Å². The van der Waals surface area contributed by atoms with Crippen molar-refractivity contribution >= 4 is 5.97 Å². The number of hydrogen-bond acceptors (Lipinski definition) is 4. The van der Waals surface area contributed by atoms with E-state index in [1.54, 1.807) is 0 Å². The summed E-state index contributed by atoms with van der Waals surface area (Å²) in [4.78, 5) is 11.4. The fraction of sp³-hybridized carbons (Fsp3) is 0.952. The lowest BCUT2D eigenvalue weighted by atomic mass is 10.0. The number of unbranched alkanes of at least 4 members (excludes halogenated alkanes) is 12. The molecule has 0 heterocycles. The molecule has 0 rings (SSSR count). The smallest absolute Gasteiger partial charge is 0.305 e. The minimum absolute atomic E-state index is 0.0806. The summed E-state index contributed by atoms with van der Waals surface area (Å²) in [5, 5.41) is 17.8. The molecule has 2 N–H and O–H groups in total. The van der Waals surface area contributed by atoms with Crippen molar-refractivity contribution in [3.63, 3.8) is 0 Å². The summed E-state index contributed by atoms with van der Waals surface area (Å²) in [5.41, 5.74) is 0. The van der Waals surface area contributed by atoms with Gasteiger partial charge >= 0.3 is 5.97 Å². The summed E-state index contributed by atoms with van der Waals surface area (Å²) >= 11 is 0. The van der Waals surface area contributed by atoms with E-state index >= 15 is 0 Å². The third-order valence-corrected chi connectivity index (χ3v) is 4.57. The topological polar surface area (TPSA) is 66.8 Å². The highest BCUT2D eigenvalue weighted by atomic mass is 16.5. The van der Waals surface area contributed by atoms with Crippen molar-refractivity contribution in [3.8, 4) is 0 Å². The normalized spacial score (nSPS) is 12.3. The molecule has 0 radical (unpaired) electrons. The van der Waals surface area contributed by atoms with Gasteiger partial charge in [-0.25, -0.2) is 0 Å². The second-order valence-electron chi connectivity index (χ2n) is 7.28. The van der Waals surface area contributed by atoms with Gasteiger partial charge in [0.25, 0.3) is 0 Å². The third kappa shape index (κ3) is 21.3. The van der Waals surface area contributed by atoms with E-state index < -0.39 is 0 Å². The van der Waals surface area contributed by atoms with Gasteiger partial charge in [0, 0.05) is 19.4 Å². The second kappa shape index (κ2) is 19.7. The van der Waals surface area contributed by atoms with Crippen LogP contribution >= 0.6 is 0 Å².